The second-order valence-electron chi connectivity index (χ2n) is 23.2. The minimum absolute atomic E-state index is 0.752. The predicted molar refractivity (Wildman–Crippen MR) is 296 cm³/mol. The molecule has 5 aliphatic carbocycles. The Morgan fingerprint density at radius 2 is 0.594 bits per heavy atom. The predicted octanol–water partition coefficient (Wildman–Crippen LogP) is 20.3. The van der Waals surface area contributed by atoms with Crippen molar-refractivity contribution in [3.05, 3.63) is 89.5 Å². The summed E-state index contributed by atoms with van der Waals surface area (Å²) in [6.07, 6.45) is 45.0. The van der Waals surface area contributed by atoms with Crippen molar-refractivity contribution in [3.63, 3.8) is 0 Å². The smallest absolute Gasteiger partial charge is 0.119 e. The van der Waals surface area contributed by atoms with Crippen LogP contribution in [0.4, 0.5) is 0 Å². The zero-order valence-corrected chi connectivity index (χ0v) is 45.6. The monoisotopic (exact) mass is 945 g/mol. The van der Waals surface area contributed by atoms with Gasteiger partial charge in [0.1, 0.15) is 17.2 Å². The molecule has 0 heterocycles. The lowest BCUT2D eigenvalue weighted by atomic mass is 9.68. The molecule has 0 N–H and O–H groups in total. The highest BCUT2D eigenvalue weighted by Gasteiger charge is 2.33. The minimum atomic E-state index is 0.752. The summed E-state index contributed by atoms with van der Waals surface area (Å²) in [5.74, 6) is 12.5. The molecule has 3 aromatic carbocycles. The Bertz CT molecular complexity index is 1710. The van der Waals surface area contributed by atoms with Crippen molar-refractivity contribution in [2.75, 3.05) is 20.8 Å². The van der Waals surface area contributed by atoms with Crippen molar-refractivity contribution in [2.45, 2.75) is 244 Å². The van der Waals surface area contributed by atoms with Gasteiger partial charge in [-0.2, -0.15) is 0 Å². The maximum Gasteiger partial charge on any atom is 0.119 e. The molecule has 5 aliphatic rings. The molecule has 0 amide bonds. The van der Waals surface area contributed by atoms with Gasteiger partial charge >= 0.3 is 0 Å². The Hall–Kier alpha value is -2.94. The molecule has 0 spiro atoms. The first kappa shape index (κ1) is 55.4. The number of rotatable bonds is 20. The van der Waals surface area contributed by atoms with Crippen molar-refractivity contribution in [2.24, 2.45) is 41.4 Å². The standard InChI is InChI=1S/C24H38O.C23H36O.C19H30O/c1-3-4-5-6-19-7-9-20(10-8-19)21-11-13-22(14-12-21)23-15-17-24(25-2)18-16-23;1-3-4-5-18-6-8-19(9-7-18)20-10-12-21(13-11-20)22-14-16-23(24-2)17-15-22;1-3-5-6-7-16-8-10-17(11-9-16)18-12-14-19(15-13-18)20-4-2/h15-22H,3-14H2,1-2H3;14-21H,3-13H2,1-2H3;12-17H,3-11H2,1-2H3. The molecule has 0 unspecified atom stereocenters. The van der Waals surface area contributed by atoms with Gasteiger partial charge in [-0.1, -0.05) is 153 Å². The van der Waals surface area contributed by atoms with Crippen LogP contribution in [0.2, 0.25) is 0 Å². The summed E-state index contributed by atoms with van der Waals surface area (Å²) < 4.78 is 16.1. The zero-order valence-electron chi connectivity index (χ0n) is 45.6. The molecule has 0 aromatic heterocycles. The van der Waals surface area contributed by atoms with Crippen molar-refractivity contribution in [1.82, 2.24) is 0 Å². The second-order valence-corrected chi connectivity index (χ2v) is 23.2. The van der Waals surface area contributed by atoms with Gasteiger partial charge in [0.05, 0.1) is 20.8 Å². The van der Waals surface area contributed by atoms with Crippen LogP contribution >= 0.6 is 0 Å². The average molecular weight is 946 g/mol. The maximum atomic E-state index is 5.52. The number of hydrogen-bond acceptors (Lipinski definition) is 3. The molecule has 0 atom stereocenters. The summed E-state index contributed by atoms with van der Waals surface area (Å²) in [6.45, 7) is 9.73. The maximum absolute atomic E-state index is 5.52. The normalized spacial score (nSPS) is 28.3. The summed E-state index contributed by atoms with van der Waals surface area (Å²) in [5.41, 5.74) is 4.57. The number of methoxy groups -OCH3 is 2. The third-order valence-corrected chi connectivity index (χ3v) is 18.7. The van der Waals surface area contributed by atoms with Crippen LogP contribution in [0.25, 0.3) is 0 Å². The molecule has 69 heavy (non-hydrogen) atoms. The summed E-state index contributed by atoms with van der Waals surface area (Å²) in [5, 5.41) is 0. The quantitative estimate of drug-likeness (QED) is 0.106. The number of unbranched alkanes of at least 4 members (excludes halogenated alkanes) is 5. The fraction of sp³-hybridized carbons (Fsp3) is 0.727. The van der Waals surface area contributed by atoms with Crippen molar-refractivity contribution < 1.29 is 14.2 Å². The van der Waals surface area contributed by atoms with Crippen LogP contribution in [0.1, 0.15) is 261 Å². The van der Waals surface area contributed by atoms with E-state index in [1.165, 1.54) is 216 Å². The fourth-order valence-electron chi connectivity index (χ4n) is 14.1. The Morgan fingerprint density at radius 3 is 0.899 bits per heavy atom. The summed E-state index contributed by atoms with van der Waals surface area (Å²) in [6, 6.07) is 26.4. The Morgan fingerprint density at radius 1 is 0.319 bits per heavy atom. The van der Waals surface area contributed by atoms with E-state index in [4.69, 9.17) is 14.2 Å². The van der Waals surface area contributed by atoms with Gasteiger partial charge < -0.3 is 14.2 Å². The van der Waals surface area contributed by atoms with Crippen LogP contribution in [-0.2, 0) is 0 Å². The molecule has 0 aliphatic heterocycles. The van der Waals surface area contributed by atoms with E-state index in [2.05, 4.69) is 93.6 Å². The highest BCUT2D eigenvalue weighted by molar-refractivity contribution is 5.31. The van der Waals surface area contributed by atoms with Crippen LogP contribution in [-0.4, -0.2) is 20.8 Å². The lowest BCUT2D eigenvalue weighted by molar-refractivity contribution is 0.155. The molecule has 5 saturated carbocycles. The molecule has 0 radical (unpaired) electrons. The van der Waals surface area contributed by atoms with Gasteiger partial charge in [-0.05, 0) is 222 Å². The molecular weight excluding hydrogens is 841 g/mol. The van der Waals surface area contributed by atoms with Gasteiger partial charge in [0.15, 0.2) is 0 Å². The number of benzene rings is 3. The highest BCUT2D eigenvalue weighted by Crippen LogP contribution is 2.47. The molecule has 5 fully saturated rings. The molecular formula is C66H104O3. The summed E-state index contributed by atoms with van der Waals surface area (Å²) >= 11 is 0. The first-order valence-electron chi connectivity index (χ1n) is 29.9. The first-order valence-corrected chi connectivity index (χ1v) is 29.9. The molecule has 386 valence electrons. The Kier molecular flexibility index (Phi) is 25.3. The topological polar surface area (TPSA) is 27.7 Å². The van der Waals surface area contributed by atoms with E-state index >= 15 is 0 Å². The van der Waals surface area contributed by atoms with Crippen molar-refractivity contribution in [3.8, 4) is 17.2 Å². The van der Waals surface area contributed by atoms with Gasteiger partial charge in [0, 0.05) is 0 Å². The molecule has 3 nitrogen and oxygen atoms in total. The molecule has 0 bridgehead atoms. The van der Waals surface area contributed by atoms with Crippen LogP contribution in [0.5, 0.6) is 17.2 Å². The van der Waals surface area contributed by atoms with Crippen LogP contribution in [0.15, 0.2) is 72.8 Å². The summed E-state index contributed by atoms with van der Waals surface area (Å²) in [7, 11) is 3.50. The van der Waals surface area contributed by atoms with E-state index in [9.17, 15) is 0 Å². The van der Waals surface area contributed by atoms with Gasteiger partial charge in [-0.25, -0.2) is 0 Å². The van der Waals surface area contributed by atoms with E-state index in [0.717, 1.165) is 83.0 Å². The Balaban J connectivity index is 0.000000171. The SMILES string of the molecule is CCCCC1CCC(C2CCC(c3ccc(OC)cc3)CC2)CC1.CCCCCC1CCC(C2CCC(c3ccc(OC)cc3)CC2)CC1.CCCCCC1CCC(c2ccc(OCC)cc2)CC1. The lowest BCUT2D eigenvalue weighted by Gasteiger charge is -2.38. The highest BCUT2D eigenvalue weighted by atomic mass is 16.5. The zero-order chi connectivity index (χ0) is 48.5. The Labute approximate surface area is 425 Å². The molecule has 3 aromatic rings. The van der Waals surface area contributed by atoms with Crippen LogP contribution < -0.4 is 14.2 Å². The second kappa shape index (κ2) is 31.5. The third kappa shape index (κ3) is 18.6. The van der Waals surface area contributed by atoms with Crippen LogP contribution in [0, 0.1) is 41.4 Å². The van der Waals surface area contributed by atoms with E-state index in [-0.39, 0.29) is 0 Å². The molecule has 8 rings (SSSR count). The van der Waals surface area contributed by atoms with E-state index in [0.29, 0.717) is 0 Å². The van der Waals surface area contributed by atoms with Gasteiger partial charge in [-0.3, -0.25) is 0 Å². The first-order chi connectivity index (χ1) is 33.9. The van der Waals surface area contributed by atoms with Crippen molar-refractivity contribution >= 4 is 0 Å². The minimum Gasteiger partial charge on any atom is -0.497 e. The largest absolute Gasteiger partial charge is 0.497 e. The van der Waals surface area contributed by atoms with Crippen molar-refractivity contribution in [1.29, 1.82) is 0 Å². The summed E-state index contributed by atoms with van der Waals surface area (Å²) in [4.78, 5) is 0. The van der Waals surface area contributed by atoms with Crippen LogP contribution in [0.3, 0.4) is 0 Å². The van der Waals surface area contributed by atoms with Gasteiger partial charge in [0.2, 0.25) is 0 Å². The average Bonchev–Trinajstić information content (AvgIpc) is 3.42. The van der Waals surface area contributed by atoms with Gasteiger partial charge in [-0.15, -0.1) is 0 Å². The molecule has 0 saturated heterocycles. The van der Waals surface area contributed by atoms with E-state index in [1.807, 2.05) is 6.92 Å². The van der Waals surface area contributed by atoms with E-state index < -0.39 is 0 Å². The lowest BCUT2D eigenvalue weighted by Crippen LogP contribution is -2.25. The number of ether oxygens (including phenoxy) is 3. The van der Waals surface area contributed by atoms with E-state index in [1.54, 1.807) is 14.2 Å². The fourth-order valence-corrected chi connectivity index (χ4v) is 14.1. The third-order valence-electron chi connectivity index (χ3n) is 18.7. The number of hydrogen-bond donors (Lipinski definition) is 0. The molecule has 3 heteroatoms. The van der Waals surface area contributed by atoms with Gasteiger partial charge in [0.25, 0.3) is 0 Å².